The highest BCUT2D eigenvalue weighted by atomic mass is 16.6. The van der Waals surface area contributed by atoms with Gasteiger partial charge in [-0.3, -0.25) is 9.59 Å². The Morgan fingerprint density at radius 1 is 0.886 bits per heavy atom. The van der Waals surface area contributed by atoms with Crippen LogP contribution in [0.5, 0.6) is 5.75 Å². The van der Waals surface area contributed by atoms with E-state index in [-0.39, 0.29) is 24.0 Å². The number of unbranched alkanes of at least 4 members (excludes halogenated alkanes) is 3. The Hall–Kier alpha value is -4.33. The van der Waals surface area contributed by atoms with Crippen molar-refractivity contribution in [1.82, 2.24) is 15.5 Å². The normalized spacial score (nSPS) is 12.6. The lowest BCUT2D eigenvalue weighted by Crippen LogP contribution is -2.54. The van der Waals surface area contributed by atoms with Crippen molar-refractivity contribution < 1.29 is 24.2 Å². The molecule has 2 atom stereocenters. The number of carbonyl (C=O) groups is 3. The highest BCUT2D eigenvalue weighted by Crippen LogP contribution is 2.26. The van der Waals surface area contributed by atoms with E-state index >= 15 is 0 Å². The van der Waals surface area contributed by atoms with Crippen LogP contribution in [0.1, 0.15) is 81.7 Å². The van der Waals surface area contributed by atoms with Crippen molar-refractivity contribution in [2.45, 2.75) is 91.0 Å². The van der Waals surface area contributed by atoms with Gasteiger partial charge in [0.25, 0.3) is 0 Å². The molecule has 0 spiro atoms. The summed E-state index contributed by atoms with van der Waals surface area (Å²) in [6.45, 7) is 9.99. The molecule has 2 unspecified atom stereocenters. The Bertz CT molecular complexity index is 1350. The molecular formula is C36H47N3O5. The summed E-state index contributed by atoms with van der Waals surface area (Å²) < 4.78 is 5.52. The van der Waals surface area contributed by atoms with Crippen LogP contribution in [0, 0.1) is 6.92 Å². The number of nitrogens with zero attached hydrogens (tertiary/aromatic N) is 1. The largest absolute Gasteiger partial charge is 0.508 e. The van der Waals surface area contributed by atoms with Gasteiger partial charge in [-0.2, -0.15) is 0 Å². The number of ether oxygens (including phenoxy) is 1. The monoisotopic (exact) mass is 601 g/mol. The molecule has 0 heterocycles. The zero-order valence-electron chi connectivity index (χ0n) is 26.6. The molecule has 8 heteroatoms. The molecule has 0 bridgehead atoms. The van der Waals surface area contributed by atoms with Crippen LogP contribution in [0.15, 0.2) is 78.9 Å². The van der Waals surface area contributed by atoms with Gasteiger partial charge in [-0.1, -0.05) is 98.5 Å². The SMILES string of the molecule is CCCCCCN(C(=O)C(Cc1ccc(O)cc1)NC(=O)OC(C)(C)C)C(C(=O)NCc1ccccc1)c1cccc(C)c1. The molecule has 44 heavy (non-hydrogen) atoms. The number of nitrogens with one attached hydrogen (secondary N) is 2. The quantitative estimate of drug-likeness (QED) is 0.180. The topological polar surface area (TPSA) is 108 Å². The molecule has 3 rings (SSSR count). The molecule has 3 N–H and O–H groups in total. The third-order valence-corrected chi connectivity index (χ3v) is 7.13. The summed E-state index contributed by atoms with van der Waals surface area (Å²) >= 11 is 0. The summed E-state index contributed by atoms with van der Waals surface area (Å²) in [6.07, 6.45) is 3.05. The molecule has 0 aliphatic heterocycles. The van der Waals surface area contributed by atoms with Crippen LogP contribution in [0.2, 0.25) is 0 Å². The molecular weight excluding hydrogens is 554 g/mol. The predicted molar refractivity (Wildman–Crippen MR) is 173 cm³/mol. The molecule has 236 valence electrons. The number of hydrogen-bond donors (Lipinski definition) is 3. The third-order valence-electron chi connectivity index (χ3n) is 7.13. The van der Waals surface area contributed by atoms with Crippen molar-refractivity contribution in [2.75, 3.05) is 6.54 Å². The first-order valence-corrected chi connectivity index (χ1v) is 15.4. The summed E-state index contributed by atoms with van der Waals surface area (Å²) in [7, 11) is 0. The van der Waals surface area contributed by atoms with Gasteiger partial charge in [-0.15, -0.1) is 0 Å². The van der Waals surface area contributed by atoms with Gasteiger partial charge in [0.2, 0.25) is 11.8 Å². The van der Waals surface area contributed by atoms with Crippen molar-refractivity contribution in [2.24, 2.45) is 0 Å². The van der Waals surface area contributed by atoms with E-state index in [9.17, 15) is 19.5 Å². The summed E-state index contributed by atoms with van der Waals surface area (Å²) in [6, 6.07) is 21.8. The van der Waals surface area contributed by atoms with E-state index in [1.807, 2.05) is 61.5 Å². The highest BCUT2D eigenvalue weighted by molar-refractivity contribution is 5.92. The molecule has 3 aromatic carbocycles. The predicted octanol–water partition coefficient (Wildman–Crippen LogP) is 6.60. The Morgan fingerprint density at radius 2 is 1.59 bits per heavy atom. The number of amides is 3. The van der Waals surface area contributed by atoms with E-state index in [4.69, 9.17) is 4.74 Å². The molecule has 0 fully saturated rings. The third kappa shape index (κ3) is 11.1. The van der Waals surface area contributed by atoms with Crippen LogP contribution in [0.4, 0.5) is 4.79 Å². The number of phenols is 1. The molecule has 0 aliphatic rings. The number of carbonyl (C=O) groups excluding carboxylic acids is 3. The fourth-order valence-corrected chi connectivity index (χ4v) is 4.99. The number of alkyl carbamates (subject to hydrolysis) is 1. The van der Waals surface area contributed by atoms with Gasteiger partial charge in [0.05, 0.1) is 0 Å². The van der Waals surface area contributed by atoms with Crippen LogP contribution in [-0.2, 0) is 27.3 Å². The maximum absolute atomic E-state index is 14.6. The maximum Gasteiger partial charge on any atom is 0.408 e. The highest BCUT2D eigenvalue weighted by Gasteiger charge is 2.36. The Morgan fingerprint density at radius 3 is 2.23 bits per heavy atom. The maximum atomic E-state index is 14.6. The van der Waals surface area contributed by atoms with Gasteiger partial charge in [-0.05, 0) is 62.9 Å². The van der Waals surface area contributed by atoms with Crippen molar-refractivity contribution in [3.05, 3.63) is 101 Å². The molecule has 0 aliphatic carbocycles. The summed E-state index contributed by atoms with van der Waals surface area (Å²) in [4.78, 5) is 43.2. The Kier molecular flexibility index (Phi) is 12.8. The van der Waals surface area contributed by atoms with Gasteiger partial charge in [0, 0.05) is 19.5 Å². The first-order valence-electron chi connectivity index (χ1n) is 15.4. The molecule has 3 aromatic rings. The average molecular weight is 602 g/mol. The van der Waals surface area contributed by atoms with Gasteiger partial charge in [0.1, 0.15) is 23.4 Å². The van der Waals surface area contributed by atoms with Crippen molar-refractivity contribution in [3.63, 3.8) is 0 Å². The smallest absolute Gasteiger partial charge is 0.408 e. The molecule has 3 amide bonds. The molecule has 0 aromatic heterocycles. The van der Waals surface area contributed by atoms with Gasteiger partial charge in [0.15, 0.2) is 0 Å². The zero-order chi connectivity index (χ0) is 32.1. The standard InChI is InChI=1S/C36H47N3O5/c1-6-7-8-12-22-39(32(29-17-13-14-26(2)23-29)33(41)37-25-28-15-10-9-11-16-28)34(42)31(38-35(43)44-36(3,4)5)24-27-18-20-30(40)21-19-27/h9-11,13-21,23,31-32,40H,6-8,12,22,24-25H2,1-5H3,(H,37,41)(H,38,43). The number of aryl methyl sites for hydroxylation is 1. The second kappa shape index (κ2) is 16.5. The number of phenolic OH excluding ortho intramolecular Hbond substituents is 1. The first-order chi connectivity index (χ1) is 21.0. The lowest BCUT2D eigenvalue weighted by atomic mass is 9.98. The minimum Gasteiger partial charge on any atom is -0.508 e. The van der Waals surface area contributed by atoms with Crippen molar-refractivity contribution >= 4 is 17.9 Å². The number of rotatable bonds is 14. The summed E-state index contributed by atoms with van der Waals surface area (Å²) in [5, 5.41) is 15.6. The van der Waals surface area contributed by atoms with E-state index in [1.54, 1.807) is 49.9 Å². The number of benzene rings is 3. The van der Waals surface area contributed by atoms with Crippen LogP contribution < -0.4 is 10.6 Å². The van der Waals surface area contributed by atoms with E-state index in [0.717, 1.165) is 36.0 Å². The van der Waals surface area contributed by atoms with E-state index in [0.29, 0.717) is 25.1 Å². The lowest BCUT2D eigenvalue weighted by Gasteiger charge is -2.35. The minimum absolute atomic E-state index is 0.101. The average Bonchev–Trinajstić information content (AvgIpc) is 2.97. The van der Waals surface area contributed by atoms with Gasteiger partial charge in [-0.25, -0.2) is 4.79 Å². The number of aromatic hydroxyl groups is 1. The Balaban J connectivity index is 2.02. The van der Waals surface area contributed by atoms with E-state index in [1.165, 1.54) is 0 Å². The second-order valence-electron chi connectivity index (χ2n) is 12.2. The number of hydrogen-bond acceptors (Lipinski definition) is 5. The van der Waals surface area contributed by atoms with Gasteiger partial charge >= 0.3 is 6.09 Å². The fourth-order valence-electron chi connectivity index (χ4n) is 4.99. The summed E-state index contributed by atoms with van der Waals surface area (Å²) in [5.74, 6) is -0.588. The second-order valence-corrected chi connectivity index (χ2v) is 12.2. The molecule has 0 saturated carbocycles. The van der Waals surface area contributed by atoms with Crippen LogP contribution in [-0.4, -0.2) is 46.1 Å². The molecule has 0 radical (unpaired) electrons. The van der Waals surface area contributed by atoms with Crippen molar-refractivity contribution in [3.8, 4) is 5.75 Å². The lowest BCUT2D eigenvalue weighted by molar-refractivity contribution is -0.142. The fraction of sp³-hybridized carbons (Fsp3) is 0.417. The van der Waals surface area contributed by atoms with Crippen molar-refractivity contribution in [1.29, 1.82) is 0 Å². The minimum atomic E-state index is -1.02. The molecule has 8 nitrogen and oxygen atoms in total. The first kappa shape index (κ1) is 34.2. The summed E-state index contributed by atoms with van der Waals surface area (Å²) in [5.41, 5.74) is 2.58. The van der Waals surface area contributed by atoms with Crippen LogP contribution >= 0.6 is 0 Å². The van der Waals surface area contributed by atoms with Crippen LogP contribution in [0.3, 0.4) is 0 Å². The van der Waals surface area contributed by atoms with Crippen LogP contribution in [0.25, 0.3) is 0 Å². The Labute approximate surface area is 261 Å². The zero-order valence-corrected chi connectivity index (χ0v) is 26.6. The van der Waals surface area contributed by atoms with E-state index < -0.39 is 23.8 Å². The van der Waals surface area contributed by atoms with Gasteiger partial charge < -0.3 is 25.4 Å². The molecule has 0 saturated heterocycles. The van der Waals surface area contributed by atoms with E-state index in [2.05, 4.69) is 17.6 Å².